The molecule has 0 saturated heterocycles. The van der Waals surface area contributed by atoms with Crippen LogP contribution in [0.2, 0.25) is 0 Å². The Hall–Kier alpha value is -2.94. The van der Waals surface area contributed by atoms with Gasteiger partial charge >= 0.3 is 0 Å². The van der Waals surface area contributed by atoms with Crippen molar-refractivity contribution in [1.82, 2.24) is 10.2 Å². The lowest BCUT2D eigenvalue weighted by molar-refractivity contribution is -0.141. The van der Waals surface area contributed by atoms with Crippen molar-refractivity contribution in [2.75, 3.05) is 17.1 Å². The van der Waals surface area contributed by atoms with Gasteiger partial charge in [-0.25, -0.2) is 12.8 Å². The van der Waals surface area contributed by atoms with Crippen LogP contribution in [0.5, 0.6) is 0 Å². The van der Waals surface area contributed by atoms with E-state index in [1.807, 2.05) is 30.3 Å². The zero-order valence-electron chi connectivity index (χ0n) is 20.3. The maximum Gasteiger partial charge on any atom is 0.242 e. The highest BCUT2D eigenvalue weighted by molar-refractivity contribution is 7.92. The molecule has 0 aromatic heterocycles. The molecule has 190 valence electrons. The van der Waals surface area contributed by atoms with Gasteiger partial charge in [0.1, 0.15) is 11.9 Å². The summed E-state index contributed by atoms with van der Waals surface area (Å²) in [5, 5.41) is 3.06. The van der Waals surface area contributed by atoms with Crippen molar-refractivity contribution in [3.05, 3.63) is 66.0 Å². The van der Waals surface area contributed by atoms with Gasteiger partial charge in [0, 0.05) is 25.6 Å². The maximum absolute atomic E-state index is 14.3. The lowest BCUT2D eigenvalue weighted by Gasteiger charge is -2.30. The molecule has 1 aliphatic carbocycles. The van der Waals surface area contributed by atoms with Crippen LogP contribution < -0.4 is 9.62 Å². The minimum absolute atomic E-state index is 0.0222. The van der Waals surface area contributed by atoms with Crippen LogP contribution in [-0.2, 0) is 26.2 Å². The molecule has 0 heterocycles. The van der Waals surface area contributed by atoms with Gasteiger partial charge in [0.05, 0.1) is 11.9 Å². The summed E-state index contributed by atoms with van der Waals surface area (Å²) in [4.78, 5) is 27.7. The van der Waals surface area contributed by atoms with Crippen LogP contribution in [0.15, 0.2) is 54.6 Å². The number of hydrogen-bond donors (Lipinski definition) is 1. The summed E-state index contributed by atoms with van der Waals surface area (Å²) in [5.41, 5.74) is 0.846. The summed E-state index contributed by atoms with van der Waals surface area (Å²) in [5.74, 6) is -1.10. The van der Waals surface area contributed by atoms with E-state index in [0.29, 0.717) is 0 Å². The molecule has 3 rings (SSSR count). The highest BCUT2D eigenvalue weighted by Gasteiger charge is 2.29. The zero-order valence-corrected chi connectivity index (χ0v) is 21.1. The number of halogens is 1. The molecular formula is C26H34FN3O4S. The van der Waals surface area contributed by atoms with E-state index in [0.717, 1.165) is 41.8 Å². The predicted octanol–water partition coefficient (Wildman–Crippen LogP) is 3.85. The first kappa shape index (κ1) is 26.7. The van der Waals surface area contributed by atoms with Crippen molar-refractivity contribution >= 4 is 27.5 Å². The number of anilines is 1. The van der Waals surface area contributed by atoms with Gasteiger partial charge in [0.2, 0.25) is 21.8 Å². The van der Waals surface area contributed by atoms with Crippen LogP contribution in [0.3, 0.4) is 0 Å². The monoisotopic (exact) mass is 503 g/mol. The van der Waals surface area contributed by atoms with E-state index in [9.17, 15) is 22.4 Å². The largest absolute Gasteiger partial charge is 0.352 e. The quantitative estimate of drug-likeness (QED) is 0.505. The Balaban J connectivity index is 1.70. The number of carbonyl (C=O) groups is 2. The summed E-state index contributed by atoms with van der Waals surface area (Å²) >= 11 is 0. The molecule has 2 aromatic carbocycles. The zero-order chi connectivity index (χ0) is 25.4. The fraction of sp³-hybridized carbons (Fsp3) is 0.462. The van der Waals surface area contributed by atoms with Gasteiger partial charge in [-0.1, -0.05) is 55.3 Å². The summed E-state index contributed by atoms with van der Waals surface area (Å²) in [6, 6.07) is 14.5. The summed E-state index contributed by atoms with van der Waals surface area (Å²) in [6.07, 6.45) is 5.29. The lowest BCUT2D eigenvalue weighted by atomic mass is 10.1. The van der Waals surface area contributed by atoms with Gasteiger partial charge in [0.15, 0.2) is 0 Å². The van der Waals surface area contributed by atoms with Crippen LogP contribution in [0.1, 0.15) is 51.0 Å². The van der Waals surface area contributed by atoms with Crippen LogP contribution in [0.4, 0.5) is 10.1 Å². The van der Waals surface area contributed by atoms with Gasteiger partial charge < -0.3 is 10.2 Å². The van der Waals surface area contributed by atoms with Crippen molar-refractivity contribution in [1.29, 1.82) is 0 Å². The molecule has 35 heavy (non-hydrogen) atoms. The van der Waals surface area contributed by atoms with Gasteiger partial charge in [0.25, 0.3) is 0 Å². The highest BCUT2D eigenvalue weighted by Crippen LogP contribution is 2.23. The van der Waals surface area contributed by atoms with E-state index in [1.165, 1.54) is 23.1 Å². The highest BCUT2D eigenvalue weighted by atomic mass is 32.2. The van der Waals surface area contributed by atoms with Crippen molar-refractivity contribution in [3.8, 4) is 0 Å². The minimum atomic E-state index is -3.75. The second-order valence-electron chi connectivity index (χ2n) is 9.06. The Morgan fingerprint density at radius 3 is 2.31 bits per heavy atom. The maximum atomic E-state index is 14.3. The molecule has 0 radical (unpaired) electrons. The normalized spacial score (nSPS) is 14.9. The standard InChI is InChI=1S/C26H34FN3O4S/c1-20(26(32)28-22-13-6-7-14-22)29(19-21-11-4-3-5-12-21)25(31)17-10-18-30(35(2,33)34)24-16-9-8-15-23(24)27/h3-5,8-9,11-12,15-16,20,22H,6-7,10,13-14,17-19H2,1-2H3,(H,28,32)/t20-/m1/s1. The summed E-state index contributed by atoms with van der Waals surface area (Å²) in [7, 11) is -3.75. The van der Waals surface area contributed by atoms with Gasteiger partial charge in [-0.15, -0.1) is 0 Å². The van der Waals surface area contributed by atoms with Gasteiger partial charge in [-0.05, 0) is 43.9 Å². The molecule has 7 nitrogen and oxygen atoms in total. The second-order valence-corrected chi connectivity index (χ2v) is 11.0. The van der Waals surface area contributed by atoms with Gasteiger partial charge in [-0.3, -0.25) is 13.9 Å². The lowest BCUT2D eigenvalue weighted by Crippen LogP contribution is -2.49. The number of nitrogens with one attached hydrogen (secondary N) is 1. The number of rotatable bonds is 11. The third-order valence-corrected chi connectivity index (χ3v) is 7.52. The second kappa shape index (κ2) is 12.2. The molecule has 1 fully saturated rings. The predicted molar refractivity (Wildman–Crippen MR) is 135 cm³/mol. The van der Waals surface area contributed by atoms with Crippen LogP contribution in [0.25, 0.3) is 0 Å². The number of hydrogen-bond acceptors (Lipinski definition) is 4. The van der Waals surface area contributed by atoms with Crippen LogP contribution in [-0.4, -0.2) is 50.0 Å². The first-order valence-electron chi connectivity index (χ1n) is 12.0. The Bertz CT molecular complexity index is 1100. The first-order valence-corrected chi connectivity index (χ1v) is 13.9. The third kappa shape index (κ3) is 7.52. The molecule has 9 heteroatoms. The molecular weight excluding hydrogens is 469 g/mol. The first-order chi connectivity index (χ1) is 16.7. The Labute approximate surface area is 207 Å². The minimum Gasteiger partial charge on any atom is -0.352 e. The van der Waals surface area contributed by atoms with Crippen molar-refractivity contribution in [3.63, 3.8) is 0 Å². The van der Waals surface area contributed by atoms with Gasteiger partial charge in [-0.2, -0.15) is 0 Å². The Morgan fingerprint density at radius 2 is 1.69 bits per heavy atom. The molecule has 0 bridgehead atoms. The average molecular weight is 504 g/mol. The number of amides is 2. The molecule has 0 spiro atoms. The summed E-state index contributed by atoms with van der Waals surface area (Å²) in [6.45, 7) is 1.93. The van der Waals surface area contributed by atoms with E-state index >= 15 is 0 Å². The topological polar surface area (TPSA) is 86.8 Å². The van der Waals surface area contributed by atoms with Crippen molar-refractivity contribution in [2.45, 2.75) is 64.1 Å². The van der Waals surface area contributed by atoms with Crippen molar-refractivity contribution < 1.29 is 22.4 Å². The molecule has 1 saturated carbocycles. The molecule has 1 N–H and O–H groups in total. The summed E-state index contributed by atoms with van der Waals surface area (Å²) < 4.78 is 39.9. The molecule has 0 aliphatic heterocycles. The molecule has 1 atom stereocenters. The fourth-order valence-corrected chi connectivity index (χ4v) is 5.36. The van der Waals surface area contributed by atoms with Crippen molar-refractivity contribution in [2.24, 2.45) is 0 Å². The Kier molecular flexibility index (Phi) is 9.26. The SMILES string of the molecule is C[C@H](C(=O)NC1CCCC1)N(Cc1ccccc1)C(=O)CCCN(c1ccccc1F)S(C)(=O)=O. The average Bonchev–Trinajstić information content (AvgIpc) is 3.33. The number of carbonyl (C=O) groups excluding carboxylic acids is 2. The number of benzene rings is 2. The number of para-hydroxylation sites is 1. The van der Waals surface area contributed by atoms with E-state index in [2.05, 4.69) is 5.32 Å². The molecule has 1 aliphatic rings. The van der Waals surface area contributed by atoms with Crippen LogP contribution in [0, 0.1) is 5.82 Å². The van der Waals surface area contributed by atoms with E-state index < -0.39 is 21.9 Å². The Morgan fingerprint density at radius 1 is 1.06 bits per heavy atom. The molecule has 2 aromatic rings. The third-order valence-electron chi connectivity index (χ3n) is 6.34. The van der Waals surface area contributed by atoms with E-state index in [-0.39, 0.29) is 49.5 Å². The van der Waals surface area contributed by atoms with E-state index in [4.69, 9.17) is 0 Å². The number of nitrogens with zero attached hydrogens (tertiary/aromatic N) is 2. The molecule has 0 unspecified atom stereocenters. The molecule has 2 amide bonds. The number of sulfonamides is 1. The fourth-order valence-electron chi connectivity index (χ4n) is 4.39. The van der Waals surface area contributed by atoms with Crippen LogP contribution >= 0.6 is 0 Å². The van der Waals surface area contributed by atoms with E-state index in [1.54, 1.807) is 13.0 Å². The smallest absolute Gasteiger partial charge is 0.242 e.